The Morgan fingerprint density at radius 2 is 1.90 bits per heavy atom. The number of allylic oxidation sites excluding steroid dienone is 1. The predicted molar refractivity (Wildman–Crippen MR) is 115 cm³/mol. The van der Waals surface area contributed by atoms with Crippen molar-refractivity contribution in [3.63, 3.8) is 0 Å². The molecule has 2 amide bonds. The van der Waals surface area contributed by atoms with Crippen molar-refractivity contribution in [2.45, 2.75) is 40.3 Å². The highest BCUT2D eigenvalue weighted by molar-refractivity contribution is 5.80. The van der Waals surface area contributed by atoms with Crippen LogP contribution in [0, 0.1) is 23.7 Å². The monoisotopic (exact) mass is 405 g/mol. The number of benzene rings is 2. The molecule has 156 valence electrons. The summed E-state index contributed by atoms with van der Waals surface area (Å²) in [4.78, 5) is 12.3. The standard InChI is InChI=1S/C24H27N3O3/c1-15-7-6-8-16(11-15)14-30-19-10-9-17(12-20(19)29-5)21-18(13-25)22(24(2,3)4)27-23(28)26-21/h6-12,21H,14H2,1-5H3,(H2,26,27,28)/t21-/m0/s1. The first kappa shape index (κ1) is 21.3. The van der Waals surface area contributed by atoms with Gasteiger partial charge < -0.3 is 20.1 Å². The first-order valence-corrected chi connectivity index (χ1v) is 9.81. The molecular weight excluding hydrogens is 378 g/mol. The van der Waals surface area contributed by atoms with E-state index in [4.69, 9.17) is 9.47 Å². The van der Waals surface area contributed by atoms with Crippen LogP contribution in [0.25, 0.3) is 0 Å². The molecule has 1 heterocycles. The quantitative estimate of drug-likeness (QED) is 0.751. The minimum Gasteiger partial charge on any atom is -0.493 e. The molecule has 0 bridgehead atoms. The van der Waals surface area contributed by atoms with Gasteiger partial charge in [0.1, 0.15) is 6.61 Å². The lowest BCUT2D eigenvalue weighted by Gasteiger charge is -2.33. The lowest BCUT2D eigenvalue weighted by Crippen LogP contribution is -2.46. The zero-order valence-electron chi connectivity index (χ0n) is 18.0. The molecule has 6 heteroatoms. The number of nitrogens with one attached hydrogen (secondary N) is 2. The van der Waals surface area contributed by atoms with E-state index in [2.05, 4.69) is 22.8 Å². The van der Waals surface area contributed by atoms with Crippen LogP contribution >= 0.6 is 0 Å². The van der Waals surface area contributed by atoms with Crippen LogP contribution in [0.4, 0.5) is 4.79 Å². The second-order valence-electron chi connectivity index (χ2n) is 8.37. The number of carbonyl (C=O) groups excluding carboxylic acids is 1. The zero-order chi connectivity index (χ0) is 21.9. The Kier molecular flexibility index (Phi) is 6.02. The van der Waals surface area contributed by atoms with E-state index in [9.17, 15) is 10.1 Å². The largest absolute Gasteiger partial charge is 0.493 e. The molecule has 0 unspecified atom stereocenters. The fourth-order valence-corrected chi connectivity index (χ4v) is 3.47. The van der Waals surface area contributed by atoms with Crippen LogP contribution in [-0.2, 0) is 6.61 Å². The molecule has 30 heavy (non-hydrogen) atoms. The van der Waals surface area contributed by atoms with Crippen molar-refractivity contribution in [1.29, 1.82) is 5.26 Å². The summed E-state index contributed by atoms with van der Waals surface area (Å²) >= 11 is 0. The molecule has 1 aliphatic heterocycles. The Morgan fingerprint density at radius 1 is 1.13 bits per heavy atom. The van der Waals surface area contributed by atoms with Crippen molar-refractivity contribution in [3.05, 3.63) is 70.4 Å². The molecule has 2 aromatic rings. The van der Waals surface area contributed by atoms with E-state index >= 15 is 0 Å². The van der Waals surface area contributed by atoms with Gasteiger partial charge in [0.2, 0.25) is 0 Å². The van der Waals surface area contributed by atoms with Crippen LogP contribution in [0.1, 0.15) is 43.5 Å². The molecule has 6 nitrogen and oxygen atoms in total. The molecule has 1 atom stereocenters. The lowest BCUT2D eigenvalue weighted by molar-refractivity contribution is 0.235. The molecule has 0 saturated heterocycles. The molecule has 0 fully saturated rings. The number of hydrogen-bond donors (Lipinski definition) is 2. The van der Waals surface area contributed by atoms with Crippen molar-refractivity contribution in [2.75, 3.05) is 7.11 Å². The average molecular weight is 405 g/mol. The third kappa shape index (κ3) is 4.57. The number of methoxy groups -OCH3 is 1. The van der Waals surface area contributed by atoms with Crippen molar-refractivity contribution in [1.82, 2.24) is 10.6 Å². The van der Waals surface area contributed by atoms with E-state index in [-0.39, 0.29) is 11.4 Å². The minimum atomic E-state index is -0.558. The highest BCUT2D eigenvalue weighted by atomic mass is 16.5. The molecule has 0 radical (unpaired) electrons. The SMILES string of the molecule is COc1cc([C@@H]2NC(=O)NC(C(C)(C)C)=C2C#N)ccc1OCc1cccc(C)c1. The van der Waals surface area contributed by atoms with Gasteiger partial charge in [-0.1, -0.05) is 56.7 Å². The zero-order valence-corrected chi connectivity index (χ0v) is 18.0. The Balaban J connectivity index is 1.91. The van der Waals surface area contributed by atoms with Crippen LogP contribution < -0.4 is 20.1 Å². The molecular formula is C24H27N3O3. The number of rotatable bonds is 5. The number of amides is 2. The molecule has 0 spiro atoms. The van der Waals surface area contributed by atoms with Crippen LogP contribution in [0.3, 0.4) is 0 Å². The second kappa shape index (κ2) is 8.50. The van der Waals surface area contributed by atoms with Crippen molar-refractivity contribution < 1.29 is 14.3 Å². The molecule has 0 aromatic heterocycles. The maximum Gasteiger partial charge on any atom is 0.319 e. The minimum absolute atomic E-state index is 0.331. The van der Waals surface area contributed by atoms with E-state index in [1.54, 1.807) is 13.2 Å². The van der Waals surface area contributed by atoms with Crippen LogP contribution in [0.5, 0.6) is 11.5 Å². The van der Waals surface area contributed by atoms with E-state index in [0.29, 0.717) is 29.4 Å². The lowest BCUT2D eigenvalue weighted by atomic mass is 9.84. The van der Waals surface area contributed by atoms with E-state index < -0.39 is 6.04 Å². The van der Waals surface area contributed by atoms with Gasteiger partial charge >= 0.3 is 6.03 Å². The fraction of sp³-hybridized carbons (Fsp3) is 0.333. The van der Waals surface area contributed by atoms with Gasteiger partial charge in [0.15, 0.2) is 11.5 Å². The maximum atomic E-state index is 12.3. The summed E-state index contributed by atoms with van der Waals surface area (Å²) in [7, 11) is 1.57. The van der Waals surface area contributed by atoms with Crippen molar-refractivity contribution >= 4 is 6.03 Å². The normalized spacial score (nSPS) is 16.4. The Labute approximate surface area is 177 Å². The average Bonchev–Trinajstić information content (AvgIpc) is 2.71. The Hall–Kier alpha value is -3.46. The number of carbonyl (C=O) groups is 1. The maximum absolute atomic E-state index is 12.3. The molecule has 1 aliphatic rings. The first-order valence-electron chi connectivity index (χ1n) is 9.81. The topological polar surface area (TPSA) is 83.4 Å². The van der Waals surface area contributed by atoms with Gasteiger partial charge in [-0.25, -0.2) is 4.79 Å². The van der Waals surface area contributed by atoms with Crippen LogP contribution in [-0.4, -0.2) is 13.1 Å². The van der Waals surface area contributed by atoms with Gasteiger partial charge in [0.05, 0.1) is 24.8 Å². The summed E-state index contributed by atoms with van der Waals surface area (Å²) in [6.45, 7) is 8.35. The van der Waals surface area contributed by atoms with Gasteiger partial charge in [0.25, 0.3) is 0 Å². The molecule has 2 aromatic carbocycles. The molecule has 2 N–H and O–H groups in total. The van der Waals surface area contributed by atoms with Gasteiger partial charge in [0, 0.05) is 11.1 Å². The first-order chi connectivity index (χ1) is 14.2. The second-order valence-corrected chi connectivity index (χ2v) is 8.37. The third-order valence-corrected chi connectivity index (χ3v) is 4.94. The predicted octanol–water partition coefficient (Wildman–Crippen LogP) is 4.76. The highest BCUT2D eigenvalue weighted by Crippen LogP contribution is 2.37. The molecule has 0 saturated carbocycles. The summed E-state index contributed by atoms with van der Waals surface area (Å²) in [5, 5.41) is 15.4. The summed E-state index contributed by atoms with van der Waals surface area (Å²) < 4.78 is 11.5. The number of hydrogen-bond acceptors (Lipinski definition) is 4. The van der Waals surface area contributed by atoms with Gasteiger partial charge in [-0.05, 0) is 30.2 Å². The van der Waals surface area contributed by atoms with Crippen LogP contribution in [0.15, 0.2) is 53.7 Å². The summed E-state index contributed by atoms with van der Waals surface area (Å²) in [5.74, 6) is 1.14. The van der Waals surface area contributed by atoms with Gasteiger partial charge in [-0.15, -0.1) is 0 Å². The van der Waals surface area contributed by atoms with Crippen molar-refractivity contribution in [3.8, 4) is 17.6 Å². The van der Waals surface area contributed by atoms with Crippen LogP contribution in [0.2, 0.25) is 0 Å². The third-order valence-electron chi connectivity index (χ3n) is 4.94. The molecule has 0 aliphatic carbocycles. The van der Waals surface area contributed by atoms with Gasteiger partial charge in [-0.3, -0.25) is 0 Å². The van der Waals surface area contributed by atoms with E-state index in [0.717, 1.165) is 11.1 Å². The van der Waals surface area contributed by atoms with Gasteiger partial charge in [-0.2, -0.15) is 5.26 Å². The Morgan fingerprint density at radius 3 is 2.53 bits per heavy atom. The van der Waals surface area contributed by atoms with E-state index in [1.165, 1.54) is 5.56 Å². The van der Waals surface area contributed by atoms with Crippen molar-refractivity contribution in [2.24, 2.45) is 5.41 Å². The molecule has 3 rings (SSSR count). The highest BCUT2D eigenvalue weighted by Gasteiger charge is 2.34. The summed E-state index contributed by atoms with van der Waals surface area (Å²) in [6, 6.07) is 15.0. The number of nitriles is 1. The summed E-state index contributed by atoms with van der Waals surface area (Å²) in [5.41, 5.74) is 3.72. The number of nitrogens with zero attached hydrogens (tertiary/aromatic N) is 1. The number of urea groups is 1. The van der Waals surface area contributed by atoms with E-state index in [1.807, 2.05) is 58.0 Å². The fourth-order valence-electron chi connectivity index (χ4n) is 3.47. The Bertz CT molecular complexity index is 1030. The number of ether oxygens (including phenoxy) is 2. The smallest absolute Gasteiger partial charge is 0.319 e. The number of aryl methyl sites for hydroxylation is 1. The summed E-state index contributed by atoms with van der Waals surface area (Å²) in [6.07, 6.45) is 0.